The highest BCUT2D eigenvalue weighted by Gasteiger charge is 2.34. The molecule has 0 aromatic heterocycles. The summed E-state index contributed by atoms with van der Waals surface area (Å²) in [5.41, 5.74) is -0.520. The molecule has 1 aliphatic carbocycles. The number of nitrogens with one attached hydrogen (secondary N) is 1. The maximum absolute atomic E-state index is 10.3. The highest BCUT2D eigenvalue weighted by Crippen LogP contribution is 2.31. The summed E-state index contributed by atoms with van der Waals surface area (Å²) >= 11 is 0. The maximum atomic E-state index is 10.3. The largest absolute Gasteiger partial charge is 0.388 e. The van der Waals surface area contributed by atoms with Gasteiger partial charge < -0.3 is 20.2 Å². The Morgan fingerprint density at radius 3 is 2.61 bits per heavy atom. The van der Waals surface area contributed by atoms with E-state index >= 15 is 0 Å². The van der Waals surface area contributed by atoms with Crippen molar-refractivity contribution in [2.75, 3.05) is 45.8 Å². The monoisotopic (exact) mass is 322 g/mol. The Hall–Kier alpha value is -0.810. The van der Waals surface area contributed by atoms with Gasteiger partial charge in [0.1, 0.15) is 0 Å². The molecule has 0 aromatic rings. The summed E-state index contributed by atoms with van der Waals surface area (Å²) < 4.78 is 0. The van der Waals surface area contributed by atoms with Crippen LogP contribution in [0.1, 0.15) is 51.9 Å². The van der Waals surface area contributed by atoms with Crippen molar-refractivity contribution in [3.63, 3.8) is 0 Å². The van der Waals surface area contributed by atoms with Crippen molar-refractivity contribution < 1.29 is 5.11 Å². The predicted octanol–water partition coefficient (Wildman–Crippen LogP) is 1.67. The van der Waals surface area contributed by atoms with Crippen molar-refractivity contribution in [1.82, 2.24) is 15.1 Å². The third-order valence-electron chi connectivity index (χ3n) is 5.69. The van der Waals surface area contributed by atoms with Crippen LogP contribution in [0.15, 0.2) is 4.99 Å². The summed E-state index contributed by atoms with van der Waals surface area (Å²) in [7, 11) is 0. The van der Waals surface area contributed by atoms with E-state index in [2.05, 4.69) is 22.0 Å². The van der Waals surface area contributed by atoms with Crippen molar-refractivity contribution in [3.8, 4) is 0 Å². The van der Waals surface area contributed by atoms with Crippen LogP contribution in [0.4, 0.5) is 0 Å². The van der Waals surface area contributed by atoms with Crippen LogP contribution in [0.2, 0.25) is 0 Å². The maximum Gasteiger partial charge on any atom is 0.194 e. The molecule has 0 radical (unpaired) electrons. The number of nitrogens with zero attached hydrogens (tertiary/aromatic N) is 3. The third-order valence-corrected chi connectivity index (χ3v) is 5.69. The lowest BCUT2D eigenvalue weighted by molar-refractivity contribution is -0.0237. The molecule has 132 valence electrons. The van der Waals surface area contributed by atoms with Crippen LogP contribution < -0.4 is 5.32 Å². The second-order valence-corrected chi connectivity index (χ2v) is 7.71. The summed E-state index contributed by atoms with van der Waals surface area (Å²) in [6.07, 6.45) is 8.39. The molecule has 23 heavy (non-hydrogen) atoms. The lowest BCUT2D eigenvalue weighted by atomic mass is 9.80. The van der Waals surface area contributed by atoms with Gasteiger partial charge in [0.15, 0.2) is 5.96 Å². The Kier molecular flexibility index (Phi) is 5.81. The first kappa shape index (κ1) is 17.0. The van der Waals surface area contributed by atoms with Gasteiger partial charge in [0.2, 0.25) is 0 Å². The second-order valence-electron chi connectivity index (χ2n) is 7.71. The molecule has 2 heterocycles. The fourth-order valence-electron chi connectivity index (χ4n) is 4.07. The van der Waals surface area contributed by atoms with Gasteiger partial charge in [0, 0.05) is 26.2 Å². The first-order chi connectivity index (χ1) is 11.2. The van der Waals surface area contributed by atoms with Crippen molar-refractivity contribution in [3.05, 3.63) is 0 Å². The molecule has 5 nitrogen and oxygen atoms in total. The molecule has 0 amide bonds. The van der Waals surface area contributed by atoms with Crippen LogP contribution in [0, 0.1) is 5.92 Å². The molecule has 0 bridgehead atoms. The molecule has 3 fully saturated rings. The van der Waals surface area contributed by atoms with Crippen LogP contribution in [0.5, 0.6) is 0 Å². The quantitative estimate of drug-likeness (QED) is 0.597. The fraction of sp³-hybridized carbons (Fsp3) is 0.944. The van der Waals surface area contributed by atoms with Crippen LogP contribution in [-0.2, 0) is 0 Å². The number of piperidine rings is 1. The summed E-state index contributed by atoms with van der Waals surface area (Å²) in [6.45, 7) is 9.61. The van der Waals surface area contributed by atoms with E-state index in [1.54, 1.807) is 0 Å². The fourth-order valence-corrected chi connectivity index (χ4v) is 4.07. The summed E-state index contributed by atoms with van der Waals surface area (Å²) in [5.74, 6) is 1.78. The van der Waals surface area contributed by atoms with E-state index in [-0.39, 0.29) is 0 Å². The van der Waals surface area contributed by atoms with Gasteiger partial charge in [-0.1, -0.05) is 6.42 Å². The van der Waals surface area contributed by atoms with Gasteiger partial charge in [-0.3, -0.25) is 4.99 Å². The molecule has 1 unspecified atom stereocenters. The molecule has 1 saturated carbocycles. The number of hydrogen-bond acceptors (Lipinski definition) is 3. The van der Waals surface area contributed by atoms with Crippen molar-refractivity contribution in [2.24, 2.45) is 10.9 Å². The minimum absolute atomic E-state index is 0.520. The zero-order valence-corrected chi connectivity index (χ0v) is 14.8. The normalized spacial score (nSPS) is 28.7. The Morgan fingerprint density at radius 2 is 1.96 bits per heavy atom. The average molecular weight is 322 g/mol. The number of likely N-dealkylation sites (tertiary alicyclic amines) is 2. The smallest absolute Gasteiger partial charge is 0.194 e. The zero-order valence-electron chi connectivity index (χ0n) is 14.8. The number of hydrogen-bond donors (Lipinski definition) is 2. The Labute approximate surface area is 141 Å². The molecule has 1 atom stereocenters. The minimum Gasteiger partial charge on any atom is -0.388 e. The highest BCUT2D eigenvalue weighted by atomic mass is 16.3. The van der Waals surface area contributed by atoms with E-state index in [1.165, 1.54) is 45.3 Å². The van der Waals surface area contributed by atoms with Crippen molar-refractivity contribution >= 4 is 5.96 Å². The minimum atomic E-state index is -0.520. The van der Waals surface area contributed by atoms with E-state index in [4.69, 9.17) is 4.99 Å². The van der Waals surface area contributed by atoms with Gasteiger partial charge >= 0.3 is 0 Å². The number of aliphatic hydroxyl groups is 1. The molecule has 2 N–H and O–H groups in total. The SMILES string of the molecule is CCNC(=NCC1(O)CCC1)N1CCC(CN2CCCCC2)C1. The van der Waals surface area contributed by atoms with E-state index in [0.717, 1.165) is 50.8 Å². The summed E-state index contributed by atoms with van der Waals surface area (Å²) in [5, 5.41) is 13.7. The highest BCUT2D eigenvalue weighted by molar-refractivity contribution is 5.80. The lowest BCUT2D eigenvalue weighted by Gasteiger charge is -2.35. The van der Waals surface area contributed by atoms with Gasteiger partial charge in [-0.2, -0.15) is 0 Å². The van der Waals surface area contributed by atoms with Gasteiger partial charge in [0.05, 0.1) is 12.1 Å². The molecule has 5 heteroatoms. The Morgan fingerprint density at radius 1 is 1.17 bits per heavy atom. The number of aliphatic imine (C=N–C) groups is 1. The van der Waals surface area contributed by atoms with Crippen LogP contribution in [0.25, 0.3) is 0 Å². The van der Waals surface area contributed by atoms with Gasteiger partial charge in [-0.15, -0.1) is 0 Å². The van der Waals surface area contributed by atoms with E-state index < -0.39 is 5.60 Å². The molecule has 0 aromatic carbocycles. The third kappa shape index (κ3) is 4.60. The van der Waals surface area contributed by atoms with Crippen molar-refractivity contribution in [1.29, 1.82) is 0 Å². The molecule has 2 aliphatic heterocycles. The molecular formula is C18H34N4O. The zero-order chi connectivity index (χ0) is 16.1. The van der Waals surface area contributed by atoms with Gasteiger partial charge in [0.25, 0.3) is 0 Å². The molecular weight excluding hydrogens is 288 g/mol. The molecule has 0 spiro atoms. The van der Waals surface area contributed by atoms with E-state index in [9.17, 15) is 5.11 Å². The van der Waals surface area contributed by atoms with Crippen LogP contribution in [0.3, 0.4) is 0 Å². The lowest BCUT2D eigenvalue weighted by Crippen LogP contribution is -2.44. The summed E-state index contributed by atoms with van der Waals surface area (Å²) in [6, 6.07) is 0. The van der Waals surface area contributed by atoms with E-state index in [1.807, 2.05) is 0 Å². The standard InChI is InChI=1S/C18H34N4O/c1-2-19-17(20-15-18(23)8-6-9-18)22-12-7-16(14-22)13-21-10-4-3-5-11-21/h16,23H,2-15H2,1H3,(H,19,20). The summed E-state index contributed by atoms with van der Waals surface area (Å²) in [4.78, 5) is 9.79. The Bertz CT molecular complexity index is 402. The first-order valence-electron chi connectivity index (χ1n) is 9.66. The van der Waals surface area contributed by atoms with Crippen LogP contribution >= 0.6 is 0 Å². The number of guanidine groups is 1. The van der Waals surface area contributed by atoms with Crippen molar-refractivity contribution in [2.45, 2.75) is 57.5 Å². The first-order valence-corrected chi connectivity index (χ1v) is 9.66. The topological polar surface area (TPSA) is 51.1 Å². The second kappa shape index (κ2) is 7.84. The van der Waals surface area contributed by atoms with Gasteiger partial charge in [-0.05, 0) is 64.5 Å². The molecule has 3 aliphatic rings. The average Bonchev–Trinajstić information content (AvgIpc) is 2.99. The molecule has 2 saturated heterocycles. The Balaban J connectivity index is 1.50. The molecule has 3 rings (SSSR count). The van der Waals surface area contributed by atoms with E-state index in [0.29, 0.717) is 6.54 Å². The van der Waals surface area contributed by atoms with Crippen LogP contribution in [-0.4, -0.2) is 72.3 Å². The predicted molar refractivity (Wildman–Crippen MR) is 94.8 cm³/mol. The number of rotatable bonds is 5. The van der Waals surface area contributed by atoms with Gasteiger partial charge in [-0.25, -0.2) is 0 Å².